The maximum atomic E-state index is 13.1. The van der Waals surface area contributed by atoms with Crippen LogP contribution in [0.15, 0.2) is 12.2 Å². The van der Waals surface area contributed by atoms with E-state index in [0.717, 1.165) is 32.1 Å². The molecule has 5 rings (SSSR count). The topological polar surface area (TPSA) is 72.8 Å². The lowest BCUT2D eigenvalue weighted by Gasteiger charge is -2.60. The Balaban J connectivity index is 1.67. The Morgan fingerprint density at radius 1 is 1.20 bits per heavy atom. The first-order valence-corrected chi connectivity index (χ1v) is 9.56. The minimum atomic E-state index is -1.06. The van der Waals surface area contributed by atoms with Gasteiger partial charge in [-0.3, -0.25) is 9.59 Å². The highest BCUT2D eigenvalue weighted by molar-refractivity contribution is 6.15. The Hall–Kier alpha value is -1.20. The summed E-state index contributed by atoms with van der Waals surface area (Å²) in [6, 6.07) is 0. The molecule has 0 aromatic heterocycles. The minimum Gasteiger partial charge on any atom is -0.464 e. The molecule has 0 aromatic carbocycles. The molecule has 5 heteroatoms. The number of aliphatic hydroxyl groups excluding tert-OH is 1. The molecule has 3 unspecified atom stereocenters. The summed E-state index contributed by atoms with van der Waals surface area (Å²) in [4.78, 5) is 26.0. The van der Waals surface area contributed by atoms with Gasteiger partial charge >= 0.3 is 5.97 Å². The van der Waals surface area contributed by atoms with Crippen molar-refractivity contribution < 1.29 is 24.2 Å². The fraction of sp³-hybridized carbons (Fsp3) is 0.800. The zero-order valence-corrected chi connectivity index (χ0v) is 14.8. The summed E-state index contributed by atoms with van der Waals surface area (Å²) in [5.41, 5.74) is -0.919. The van der Waals surface area contributed by atoms with Crippen molar-refractivity contribution in [3.63, 3.8) is 0 Å². The molecule has 7 atom stereocenters. The first-order chi connectivity index (χ1) is 11.9. The van der Waals surface area contributed by atoms with Crippen LogP contribution in [0.1, 0.15) is 45.4 Å². The van der Waals surface area contributed by atoms with Gasteiger partial charge in [0.15, 0.2) is 12.1 Å². The molecule has 2 saturated heterocycles. The van der Waals surface area contributed by atoms with Crippen LogP contribution in [0.2, 0.25) is 0 Å². The van der Waals surface area contributed by atoms with Gasteiger partial charge in [-0.1, -0.05) is 19.9 Å². The Bertz CT molecular complexity index is 682. The minimum absolute atomic E-state index is 0.0646. The summed E-state index contributed by atoms with van der Waals surface area (Å²) in [7, 11) is 0. The van der Waals surface area contributed by atoms with E-state index in [9.17, 15) is 14.7 Å². The Labute approximate surface area is 147 Å². The molecule has 5 aliphatic rings. The standard InChI is InChI=1S/C20H26O5/c1-11-12-4-5-13-19(10-25-17(23)20(13,8-12)15(11)21)7-3-6-18(2)9-24-16(22)14(18)19/h12-14,16,22H,1,3-10H2,2H3/t12-,13?,14-,16-,18+,19?,20?/m1/s1. The van der Waals surface area contributed by atoms with Gasteiger partial charge in [-0.15, -0.1) is 0 Å². The quantitative estimate of drug-likeness (QED) is 0.414. The number of ketones is 1. The fourth-order valence-corrected chi connectivity index (χ4v) is 7.33. The number of rotatable bonds is 0. The summed E-state index contributed by atoms with van der Waals surface area (Å²) in [6.45, 7) is 7.02. The number of hydrogen-bond acceptors (Lipinski definition) is 5. The number of carbonyl (C=O) groups excluding carboxylic acids is 2. The smallest absolute Gasteiger partial charge is 0.320 e. The number of ether oxygens (including phenoxy) is 2. The zero-order chi connectivity index (χ0) is 17.6. The van der Waals surface area contributed by atoms with E-state index in [0.29, 0.717) is 25.2 Å². The number of cyclic esters (lactones) is 1. The average molecular weight is 346 g/mol. The summed E-state index contributed by atoms with van der Waals surface area (Å²) in [5, 5.41) is 10.7. The van der Waals surface area contributed by atoms with Gasteiger partial charge < -0.3 is 14.6 Å². The van der Waals surface area contributed by atoms with Crippen LogP contribution in [0.25, 0.3) is 0 Å². The van der Waals surface area contributed by atoms with Gasteiger partial charge in [0.05, 0.1) is 13.2 Å². The number of aliphatic hydroxyl groups is 1. The van der Waals surface area contributed by atoms with E-state index in [-0.39, 0.29) is 40.3 Å². The van der Waals surface area contributed by atoms with E-state index in [4.69, 9.17) is 9.47 Å². The lowest BCUT2D eigenvalue weighted by atomic mass is 9.45. The Kier molecular flexibility index (Phi) is 3.04. The molecular weight excluding hydrogens is 320 g/mol. The third-order valence-corrected chi connectivity index (χ3v) is 8.32. The maximum absolute atomic E-state index is 13.1. The molecule has 2 bridgehead atoms. The van der Waals surface area contributed by atoms with Crippen LogP contribution >= 0.6 is 0 Å². The van der Waals surface area contributed by atoms with Crippen LogP contribution in [0, 0.1) is 34.0 Å². The number of carbonyl (C=O) groups is 2. The molecule has 2 spiro atoms. The third kappa shape index (κ3) is 1.67. The molecule has 1 N–H and O–H groups in total. The molecular formula is C20H26O5. The average Bonchev–Trinajstić information content (AvgIpc) is 3.01. The van der Waals surface area contributed by atoms with Gasteiger partial charge in [-0.2, -0.15) is 0 Å². The van der Waals surface area contributed by atoms with E-state index in [1.165, 1.54) is 0 Å². The van der Waals surface area contributed by atoms with Gasteiger partial charge in [0.2, 0.25) is 0 Å². The molecule has 25 heavy (non-hydrogen) atoms. The van der Waals surface area contributed by atoms with Crippen molar-refractivity contribution >= 4 is 11.8 Å². The summed E-state index contributed by atoms with van der Waals surface area (Å²) >= 11 is 0. The van der Waals surface area contributed by atoms with Crippen molar-refractivity contribution in [2.45, 2.75) is 51.7 Å². The first-order valence-electron chi connectivity index (χ1n) is 9.56. The molecule has 0 amide bonds. The molecule has 136 valence electrons. The number of fused-ring (bicyclic) bond motifs is 4. The van der Waals surface area contributed by atoms with Crippen LogP contribution in [0.4, 0.5) is 0 Å². The Morgan fingerprint density at radius 3 is 2.80 bits per heavy atom. The van der Waals surface area contributed by atoms with Gasteiger partial charge in [-0.25, -0.2) is 0 Å². The third-order valence-electron chi connectivity index (χ3n) is 8.32. The monoisotopic (exact) mass is 346 g/mol. The van der Waals surface area contributed by atoms with Crippen molar-refractivity contribution in [1.82, 2.24) is 0 Å². The first kappa shape index (κ1) is 16.0. The number of esters is 1. The van der Waals surface area contributed by atoms with Crippen LogP contribution in [-0.2, 0) is 19.1 Å². The summed E-state index contributed by atoms with van der Waals surface area (Å²) in [6.07, 6.45) is 4.38. The molecule has 3 saturated carbocycles. The van der Waals surface area contributed by atoms with Gasteiger partial charge in [0.1, 0.15) is 5.41 Å². The van der Waals surface area contributed by atoms with Crippen LogP contribution in [0.3, 0.4) is 0 Å². The lowest BCUT2D eigenvalue weighted by Crippen LogP contribution is -2.64. The van der Waals surface area contributed by atoms with E-state index in [1.54, 1.807) is 0 Å². The van der Waals surface area contributed by atoms with E-state index >= 15 is 0 Å². The highest BCUT2D eigenvalue weighted by Gasteiger charge is 2.73. The molecule has 0 aromatic rings. The maximum Gasteiger partial charge on any atom is 0.320 e. The van der Waals surface area contributed by atoms with Crippen molar-refractivity contribution in [1.29, 1.82) is 0 Å². The second kappa shape index (κ2) is 4.74. The highest BCUT2D eigenvalue weighted by atomic mass is 16.6. The lowest BCUT2D eigenvalue weighted by molar-refractivity contribution is -0.225. The predicted octanol–water partition coefficient (Wildman–Crippen LogP) is 2.23. The Morgan fingerprint density at radius 2 is 2.00 bits per heavy atom. The van der Waals surface area contributed by atoms with Crippen molar-refractivity contribution in [2.75, 3.05) is 13.2 Å². The normalized spacial score (nSPS) is 54.4. The van der Waals surface area contributed by atoms with Crippen molar-refractivity contribution in [3.8, 4) is 0 Å². The molecule has 2 heterocycles. The molecule has 3 aliphatic carbocycles. The SMILES string of the molecule is C=C1C(=O)C23C[C@H]1CCC2C1(CCC[C@@]2(C)CO[C@@H](O)[C@@H]12)COC3=O. The number of Topliss-reactive ketones (excluding diaryl/α,β-unsaturated/α-hetero) is 1. The second-order valence-corrected chi connectivity index (χ2v) is 9.35. The van der Waals surface area contributed by atoms with E-state index in [1.807, 2.05) is 0 Å². The van der Waals surface area contributed by atoms with Crippen LogP contribution < -0.4 is 0 Å². The van der Waals surface area contributed by atoms with Crippen molar-refractivity contribution in [2.24, 2.45) is 34.0 Å². The molecule has 5 fully saturated rings. The molecule has 0 radical (unpaired) electrons. The van der Waals surface area contributed by atoms with Gasteiger partial charge in [0, 0.05) is 11.3 Å². The largest absolute Gasteiger partial charge is 0.464 e. The van der Waals surface area contributed by atoms with Crippen LogP contribution in [-0.4, -0.2) is 36.4 Å². The molecule has 5 nitrogen and oxygen atoms in total. The summed E-state index contributed by atoms with van der Waals surface area (Å²) in [5.74, 6) is -0.472. The van der Waals surface area contributed by atoms with E-state index in [2.05, 4.69) is 13.5 Å². The van der Waals surface area contributed by atoms with E-state index < -0.39 is 11.7 Å². The summed E-state index contributed by atoms with van der Waals surface area (Å²) < 4.78 is 11.4. The predicted molar refractivity (Wildman–Crippen MR) is 88.2 cm³/mol. The zero-order valence-electron chi connectivity index (χ0n) is 14.8. The number of allylic oxidation sites excluding steroid dienone is 1. The number of hydrogen-bond donors (Lipinski definition) is 1. The van der Waals surface area contributed by atoms with Crippen LogP contribution in [0.5, 0.6) is 0 Å². The van der Waals surface area contributed by atoms with Gasteiger partial charge in [-0.05, 0) is 54.9 Å². The second-order valence-electron chi connectivity index (χ2n) is 9.35. The molecule has 2 aliphatic heterocycles. The highest BCUT2D eigenvalue weighted by Crippen LogP contribution is 2.69. The van der Waals surface area contributed by atoms with Gasteiger partial charge in [0.25, 0.3) is 0 Å². The fourth-order valence-electron chi connectivity index (χ4n) is 7.33. The van der Waals surface area contributed by atoms with Crippen molar-refractivity contribution in [3.05, 3.63) is 12.2 Å².